The van der Waals surface area contributed by atoms with Crippen LogP contribution in [0.5, 0.6) is 5.75 Å². The Balaban J connectivity index is 1.73. The van der Waals surface area contributed by atoms with Crippen molar-refractivity contribution < 1.29 is 13.9 Å². The number of hydrogen-bond donors (Lipinski definition) is 0. The smallest absolute Gasteiger partial charge is 0.166 e. The summed E-state index contributed by atoms with van der Waals surface area (Å²) in [5.74, 6) is 0.712. The van der Waals surface area contributed by atoms with Crippen molar-refractivity contribution in [2.45, 2.75) is 38.5 Å². The third-order valence-corrected chi connectivity index (χ3v) is 4.11. The molecule has 0 spiro atoms. The highest BCUT2D eigenvalue weighted by Gasteiger charge is 2.25. The monoisotopic (exact) mass is 262 g/mol. The van der Waals surface area contributed by atoms with Gasteiger partial charge in [-0.25, -0.2) is 4.39 Å². The van der Waals surface area contributed by atoms with Crippen LogP contribution in [0.4, 0.5) is 4.39 Å². The first kappa shape index (κ1) is 12.6. The highest BCUT2D eigenvalue weighted by Crippen LogP contribution is 2.32. The van der Waals surface area contributed by atoms with Gasteiger partial charge in [-0.2, -0.15) is 0 Å². The van der Waals surface area contributed by atoms with Gasteiger partial charge >= 0.3 is 0 Å². The van der Waals surface area contributed by atoms with Crippen LogP contribution in [0, 0.1) is 17.7 Å². The Bertz CT molecular complexity index is 474. The summed E-state index contributed by atoms with van der Waals surface area (Å²) in [6.45, 7) is 0.567. The molecule has 2 saturated carbocycles. The molecule has 3 heteroatoms. The average molecular weight is 262 g/mol. The van der Waals surface area contributed by atoms with Crippen LogP contribution in [0.3, 0.4) is 0 Å². The van der Waals surface area contributed by atoms with Crippen LogP contribution < -0.4 is 4.74 Å². The molecule has 2 aliphatic carbocycles. The van der Waals surface area contributed by atoms with E-state index in [1.807, 2.05) is 0 Å². The van der Waals surface area contributed by atoms with Crippen molar-refractivity contribution in [2.75, 3.05) is 6.61 Å². The van der Waals surface area contributed by atoms with Gasteiger partial charge in [0.2, 0.25) is 0 Å². The molecule has 2 fully saturated rings. The summed E-state index contributed by atoms with van der Waals surface area (Å²) in [6, 6.07) is 4.52. The van der Waals surface area contributed by atoms with E-state index in [9.17, 15) is 9.18 Å². The van der Waals surface area contributed by atoms with Gasteiger partial charge in [0.1, 0.15) is 0 Å². The van der Waals surface area contributed by atoms with Gasteiger partial charge in [0.15, 0.2) is 17.3 Å². The molecule has 0 saturated heterocycles. The minimum absolute atomic E-state index is 0.127. The Morgan fingerprint density at radius 1 is 1.21 bits per heavy atom. The molecule has 0 atom stereocenters. The molecule has 0 bridgehead atoms. The maximum absolute atomic E-state index is 13.6. The number of halogens is 1. The van der Waals surface area contributed by atoms with E-state index in [0.717, 1.165) is 25.7 Å². The lowest BCUT2D eigenvalue weighted by molar-refractivity contribution is 0.0922. The topological polar surface area (TPSA) is 26.3 Å². The summed E-state index contributed by atoms with van der Waals surface area (Å²) in [5.41, 5.74) is 0.596. The number of Topliss-reactive ketones (excluding diaryl/α,β-unsaturated/α-hetero) is 1. The molecule has 0 N–H and O–H groups in total. The minimum atomic E-state index is -0.372. The van der Waals surface area contributed by atoms with Crippen LogP contribution in [-0.4, -0.2) is 12.4 Å². The largest absolute Gasteiger partial charge is 0.490 e. The molecule has 0 radical (unpaired) electrons. The Morgan fingerprint density at radius 3 is 2.63 bits per heavy atom. The first-order chi connectivity index (χ1) is 9.24. The van der Waals surface area contributed by atoms with E-state index in [1.54, 1.807) is 12.1 Å². The van der Waals surface area contributed by atoms with Crippen LogP contribution in [-0.2, 0) is 0 Å². The lowest BCUT2D eigenvalue weighted by Gasteiger charge is -2.11. The fraction of sp³-hybridized carbons (Fsp3) is 0.562. The first-order valence-electron chi connectivity index (χ1n) is 7.20. The summed E-state index contributed by atoms with van der Waals surface area (Å²) in [4.78, 5) is 12.3. The van der Waals surface area contributed by atoms with Crippen LogP contribution in [0.1, 0.15) is 48.9 Å². The number of rotatable bonds is 5. The van der Waals surface area contributed by atoms with Crippen LogP contribution in [0.2, 0.25) is 0 Å². The molecular formula is C16H19FO2. The molecule has 1 aromatic carbocycles. The predicted octanol–water partition coefficient (Wildman–Crippen LogP) is 3.99. The van der Waals surface area contributed by atoms with E-state index >= 15 is 0 Å². The van der Waals surface area contributed by atoms with E-state index < -0.39 is 0 Å². The second-order valence-corrected chi connectivity index (χ2v) is 5.75. The fourth-order valence-corrected chi connectivity index (χ4v) is 2.68. The minimum Gasteiger partial charge on any atom is -0.490 e. The molecule has 0 aliphatic heterocycles. The van der Waals surface area contributed by atoms with Crippen LogP contribution in [0.25, 0.3) is 0 Å². The Labute approximate surface area is 113 Å². The number of carbonyl (C=O) groups excluding carboxylic acids is 1. The zero-order chi connectivity index (χ0) is 13.2. The van der Waals surface area contributed by atoms with Crippen LogP contribution in [0.15, 0.2) is 18.2 Å². The molecule has 1 aromatic rings. The molecule has 0 unspecified atom stereocenters. The second-order valence-electron chi connectivity index (χ2n) is 5.75. The van der Waals surface area contributed by atoms with Gasteiger partial charge in [-0.05, 0) is 49.8 Å². The highest BCUT2D eigenvalue weighted by molar-refractivity contribution is 5.98. The lowest BCUT2D eigenvalue weighted by Crippen LogP contribution is -2.11. The van der Waals surface area contributed by atoms with Crippen LogP contribution >= 0.6 is 0 Å². The van der Waals surface area contributed by atoms with Crippen molar-refractivity contribution in [3.05, 3.63) is 29.6 Å². The Morgan fingerprint density at radius 2 is 1.95 bits per heavy atom. The summed E-state index contributed by atoms with van der Waals surface area (Å²) >= 11 is 0. The Kier molecular flexibility index (Phi) is 3.54. The van der Waals surface area contributed by atoms with Gasteiger partial charge in [-0.1, -0.05) is 12.8 Å². The molecule has 2 nitrogen and oxygen atoms in total. The summed E-state index contributed by atoms with van der Waals surface area (Å²) in [7, 11) is 0. The maximum atomic E-state index is 13.6. The van der Waals surface area contributed by atoms with Gasteiger partial charge in [-0.3, -0.25) is 4.79 Å². The molecule has 19 heavy (non-hydrogen) atoms. The normalized spacial score (nSPS) is 19.6. The highest BCUT2D eigenvalue weighted by atomic mass is 19.1. The molecular weight excluding hydrogens is 243 g/mol. The van der Waals surface area contributed by atoms with E-state index in [0.29, 0.717) is 18.1 Å². The lowest BCUT2D eigenvalue weighted by atomic mass is 9.96. The van der Waals surface area contributed by atoms with Crippen molar-refractivity contribution in [2.24, 2.45) is 11.8 Å². The quantitative estimate of drug-likeness (QED) is 0.750. The van der Waals surface area contributed by atoms with Gasteiger partial charge in [0, 0.05) is 11.5 Å². The molecule has 0 amide bonds. The molecule has 102 valence electrons. The SMILES string of the molecule is O=C(c1ccc(F)c(OCC2CC2)c1)C1CCCC1. The Hall–Kier alpha value is -1.38. The van der Waals surface area contributed by atoms with E-state index in [-0.39, 0.29) is 23.3 Å². The maximum Gasteiger partial charge on any atom is 0.166 e. The van der Waals surface area contributed by atoms with Crippen molar-refractivity contribution in [1.29, 1.82) is 0 Å². The molecule has 0 heterocycles. The summed E-state index contributed by atoms with van der Waals surface area (Å²) in [6.07, 6.45) is 6.53. The number of benzene rings is 1. The third-order valence-electron chi connectivity index (χ3n) is 4.11. The predicted molar refractivity (Wildman–Crippen MR) is 70.9 cm³/mol. The van der Waals surface area contributed by atoms with Gasteiger partial charge < -0.3 is 4.74 Å². The standard InChI is InChI=1S/C16H19FO2/c17-14-8-7-13(16(18)12-3-1-2-4-12)9-15(14)19-10-11-5-6-11/h7-9,11-12H,1-6,10H2. The molecule has 3 rings (SSSR count). The zero-order valence-corrected chi connectivity index (χ0v) is 11.0. The molecule has 2 aliphatic rings. The fourth-order valence-electron chi connectivity index (χ4n) is 2.68. The van der Waals surface area contributed by atoms with E-state index in [4.69, 9.17) is 4.74 Å². The van der Waals surface area contributed by atoms with Crippen molar-refractivity contribution in [3.8, 4) is 5.75 Å². The second kappa shape index (κ2) is 5.32. The van der Waals surface area contributed by atoms with Crippen molar-refractivity contribution in [3.63, 3.8) is 0 Å². The number of ether oxygens (including phenoxy) is 1. The molecule has 0 aromatic heterocycles. The van der Waals surface area contributed by atoms with Gasteiger partial charge in [0.05, 0.1) is 6.61 Å². The number of carbonyl (C=O) groups is 1. The van der Waals surface area contributed by atoms with E-state index in [2.05, 4.69) is 0 Å². The number of ketones is 1. The third kappa shape index (κ3) is 2.96. The number of hydrogen-bond acceptors (Lipinski definition) is 2. The van der Waals surface area contributed by atoms with E-state index in [1.165, 1.54) is 18.9 Å². The van der Waals surface area contributed by atoms with Gasteiger partial charge in [0.25, 0.3) is 0 Å². The summed E-state index contributed by atoms with van der Waals surface area (Å²) in [5, 5.41) is 0. The van der Waals surface area contributed by atoms with Gasteiger partial charge in [-0.15, -0.1) is 0 Å². The zero-order valence-electron chi connectivity index (χ0n) is 11.0. The average Bonchev–Trinajstić information content (AvgIpc) is 3.09. The van der Waals surface area contributed by atoms with Crippen molar-refractivity contribution in [1.82, 2.24) is 0 Å². The van der Waals surface area contributed by atoms with Crippen molar-refractivity contribution >= 4 is 5.78 Å². The summed E-state index contributed by atoms with van der Waals surface area (Å²) < 4.78 is 19.1. The first-order valence-corrected chi connectivity index (χ1v) is 7.20.